The van der Waals surface area contributed by atoms with E-state index in [-0.39, 0.29) is 22.8 Å². The van der Waals surface area contributed by atoms with Gasteiger partial charge in [0.2, 0.25) is 11.6 Å². The summed E-state index contributed by atoms with van der Waals surface area (Å²) in [5, 5.41) is 9.96. The predicted molar refractivity (Wildman–Crippen MR) is 154 cm³/mol. The molecular formula is C33H28N2O7. The molecule has 4 aromatic carbocycles. The fraction of sp³-hybridized carbons (Fsp3) is 0.152. The molecule has 1 aliphatic rings. The molecule has 0 aliphatic carbocycles. The maximum atomic E-state index is 13.1. The van der Waals surface area contributed by atoms with Crippen LogP contribution in [-0.2, 0) is 6.61 Å². The lowest BCUT2D eigenvalue weighted by Crippen LogP contribution is -2.21. The number of ether oxygens (including phenoxy) is 6. The number of hydrogen-bond acceptors (Lipinski definition) is 9. The van der Waals surface area contributed by atoms with E-state index >= 15 is 0 Å². The molecule has 212 valence electrons. The van der Waals surface area contributed by atoms with Crippen molar-refractivity contribution in [2.45, 2.75) is 12.5 Å². The average molecular weight is 565 g/mol. The van der Waals surface area contributed by atoms with Crippen LogP contribution in [0.15, 0.2) is 96.4 Å². The van der Waals surface area contributed by atoms with Crippen LogP contribution >= 0.6 is 0 Å². The molecular weight excluding hydrogens is 536 g/mol. The second-order valence-corrected chi connectivity index (χ2v) is 9.27. The average Bonchev–Trinajstić information content (AvgIpc) is 3.02. The lowest BCUT2D eigenvalue weighted by atomic mass is 9.83. The van der Waals surface area contributed by atoms with E-state index < -0.39 is 11.9 Å². The van der Waals surface area contributed by atoms with Crippen molar-refractivity contribution in [1.29, 1.82) is 5.26 Å². The van der Waals surface area contributed by atoms with Gasteiger partial charge >= 0.3 is 5.97 Å². The molecule has 0 spiro atoms. The summed E-state index contributed by atoms with van der Waals surface area (Å²) in [4.78, 5) is 13.1. The second kappa shape index (κ2) is 12.3. The molecule has 42 heavy (non-hydrogen) atoms. The highest BCUT2D eigenvalue weighted by Crippen LogP contribution is 2.44. The molecule has 0 fully saturated rings. The van der Waals surface area contributed by atoms with Crippen molar-refractivity contribution in [2.24, 2.45) is 5.73 Å². The Kier molecular flexibility index (Phi) is 8.16. The van der Waals surface area contributed by atoms with E-state index in [1.165, 1.54) is 33.5 Å². The molecule has 0 aromatic heterocycles. The molecule has 9 nitrogen and oxygen atoms in total. The van der Waals surface area contributed by atoms with Crippen molar-refractivity contribution in [3.8, 4) is 40.6 Å². The Morgan fingerprint density at radius 3 is 2.29 bits per heavy atom. The molecule has 5 rings (SSSR count). The number of fused-ring (bicyclic) bond motifs is 1. The summed E-state index contributed by atoms with van der Waals surface area (Å²) in [6, 6.07) is 27.5. The number of allylic oxidation sites excluding steroid dienone is 1. The van der Waals surface area contributed by atoms with E-state index in [1.54, 1.807) is 18.2 Å². The van der Waals surface area contributed by atoms with Crippen LogP contribution in [0.1, 0.15) is 33.0 Å². The molecule has 0 amide bonds. The van der Waals surface area contributed by atoms with Crippen molar-refractivity contribution < 1.29 is 33.2 Å². The third-order valence-corrected chi connectivity index (χ3v) is 6.74. The highest BCUT2D eigenvalue weighted by atomic mass is 16.5. The van der Waals surface area contributed by atoms with E-state index in [0.717, 1.165) is 11.1 Å². The van der Waals surface area contributed by atoms with Gasteiger partial charge in [-0.3, -0.25) is 0 Å². The van der Waals surface area contributed by atoms with Gasteiger partial charge in [0, 0.05) is 11.6 Å². The van der Waals surface area contributed by atoms with E-state index in [0.29, 0.717) is 40.9 Å². The number of nitriles is 1. The molecule has 4 aromatic rings. The van der Waals surface area contributed by atoms with Crippen LogP contribution in [-0.4, -0.2) is 27.3 Å². The third-order valence-electron chi connectivity index (χ3n) is 6.74. The highest BCUT2D eigenvalue weighted by Gasteiger charge is 2.31. The van der Waals surface area contributed by atoms with E-state index in [4.69, 9.17) is 34.2 Å². The largest absolute Gasteiger partial charge is 0.493 e. The monoisotopic (exact) mass is 564 g/mol. The van der Waals surface area contributed by atoms with Crippen LogP contribution in [0.25, 0.3) is 0 Å². The fourth-order valence-corrected chi connectivity index (χ4v) is 4.73. The number of nitrogens with zero attached hydrogens (tertiary/aromatic N) is 1. The molecule has 1 atom stereocenters. The van der Waals surface area contributed by atoms with Gasteiger partial charge in [0.1, 0.15) is 35.5 Å². The quantitative estimate of drug-likeness (QED) is 0.201. The summed E-state index contributed by atoms with van der Waals surface area (Å²) in [6.45, 7) is 0.401. The van der Waals surface area contributed by atoms with E-state index in [1.807, 2.05) is 54.6 Å². The molecule has 0 saturated carbocycles. The van der Waals surface area contributed by atoms with E-state index in [2.05, 4.69) is 6.07 Å². The number of esters is 1. The predicted octanol–water partition coefficient (Wildman–Crippen LogP) is 5.73. The van der Waals surface area contributed by atoms with Crippen molar-refractivity contribution in [3.63, 3.8) is 0 Å². The first-order chi connectivity index (χ1) is 20.4. The summed E-state index contributed by atoms with van der Waals surface area (Å²) in [7, 11) is 4.40. The maximum Gasteiger partial charge on any atom is 0.343 e. The normalized spacial score (nSPS) is 13.7. The maximum absolute atomic E-state index is 13.1. The van der Waals surface area contributed by atoms with E-state index in [9.17, 15) is 10.1 Å². The van der Waals surface area contributed by atoms with Crippen molar-refractivity contribution in [2.75, 3.05) is 21.3 Å². The van der Waals surface area contributed by atoms with Gasteiger partial charge in [-0.15, -0.1) is 0 Å². The van der Waals surface area contributed by atoms with Crippen LogP contribution in [0.5, 0.6) is 34.5 Å². The number of carbonyl (C=O) groups is 1. The number of carbonyl (C=O) groups excluding carboxylic acids is 1. The standard InChI is InChI=1S/C33H28N2O7/c1-37-28-15-22(16-29(38-2)31(28)39-3)33(36)41-24-12-13-25-27(17-24)42-32(35)26(18-34)30(25)21-10-7-11-23(14-21)40-19-20-8-5-4-6-9-20/h4-17,30H,19,35H2,1-3H3. The summed E-state index contributed by atoms with van der Waals surface area (Å²) in [5.74, 6) is 1.03. The second-order valence-electron chi connectivity index (χ2n) is 9.27. The smallest absolute Gasteiger partial charge is 0.343 e. The van der Waals surface area contributed by atoms with Gasteiger partial charge in [-0.2, -0.15) is 5.26 Å². The Balaban J connectivity index is 1.42. The van der Waals surface area contributed by atoms with Crippen LogP contribution < -0.4 is 34.2 Å². The fourth-order valence-electron chi connectivity index (χ4n) is 4.73. The SMILES string of the molecule is COc1cc(C(=O)Oc2ccc3c(c2)OC(N)=C(C#N)C3c2cccc(OCc3ccccc3)c2)cc(OC)c1OC. The number of nitrogens with two attached hydrogens (primary N) is 1. The summed E-state index contributed by atoms with van der Waals surface area (Å²) >= 11 is 0. The van der Waals surface area contributed by atoms with Gasteiger partial charge in [0.05, 0.1) is 32.8 Å². The molecule has 0 bridgehead atoms. The molecule has 2 N–H and O–H groups in total. The van der Waals surface area contributed by atoms with Crippen LogP contribution in [0.2, 0.25) is 0 Å². The number of hydrogen-bond donors (Lipinski definition) is 1. The van der Waals surface area contributed by atoms with Crippen molar-refractivity contribution >= 4 is 5.97 Å². The van der Waals surface area contributed by atoms with Gasteiger partial charge in [-0.25, -0.2) is 4.79 Å². The third kappa shape index (κ3) is 5.64. The minimum absolute atomic E-state index is 0.0290. The van der Waals surface area contributed by atoms with Gasteiger partial charge in [-0.05, 0) is 41.5 Å². The number of methoxy groups -OCH3 is 3. The van der Waals surface area contributed by atoms with Gasteiger partial charge in [0.15, 0.2) is 11.5 Å². The van der Waals surface area contributed by atoms with Crippen LogP contribution in [0.3, 0.4) is 0 Å². The summed E-state index contributed by atoms with van der Waals surface area (Å²) < 4.78 is 33.5. The molecule has 0 radical (unpaired) electrons. The topological polar surface area (TPSA) is 122 Å². The number of rotatable bonds is 9. The minimum atomic E-state index is -0.647. The van der Waals surface area contributed by atoms with Crippen molar-refractivity contribution in [1.82, 2.24) is 0 Å². The Morgan fingerprint density at radius 1 is 0.881 bits per heavy atom. The lowest BCUT2D eigenvalue weighted by molar-refractivity contribution is 0.0733. The summed E-state index contributed by atoms with van der Waals surface area (Å²) in [5.41, 5.74) is 9.18. The van der Waals surface area contributed by atoms with Gasteiger partial charge in [0.25, 0.3) is 0 Å². The first kappa shape index (κ1) is 27.9. The van der Waals surface area contributed by atoms with Crippen molar-refractivity contribution in [3.05, 3.63) is 119 Å². The zero-order chi connectivity index (χ0) is 29.6. The molecule has 0 saturated heterocycles. The molecule has 1 unspecified atom stereocenters. The van der Waals surface area contributed by atoms with Gasteiger partial charge in [-0.1, -0.05) is 48.5 Å². The Labute approximate surface area is 243 Å². The zero-order valence-electron chi connectivity index (χ0n) is 23.2. The van der Waals surface area contributed by atoms with Gasteiger partial charge < -0.3 is 34.2 Å². The van der Waals surface area contributed by atoms with Crippen LogP contribution in [0, 0.1) is 11.3 Å². The molecule has 1 aliphatic heterocycles. The van der Waals surface area contributed by atoms with Crippen LogP contribution in [0.4, 0.5) is 0 Å². The molecule has 9 heteroatoms. The minimum Gasteiger partial charge on any atom is -0.493 e. The molecule has 1 heterocycles. The Hall–Kier alpha value is -5.62. The first-order valence-corrected chi connectivity index (χ1v) is 13.0. The number of benzene rings is 4. The first-order valence-electron chi connectivity index (χ1n) is 13.0. The Bertz CT molecular complexity index is 1670. The highest BCUT2D eigenvalue weighted by molar-refractivity contribution is 5.92. The lowest BCUT2D eigenvalue weighted by Gasteiger charge is -2.27. The summed E-state index contributed by atoms with van der Waals surface area (Å²) in [6.07, 6.45) is 0. The zero-order valence-corrected chi connectivity index (χ0v) is 23.2. The Morgan fingerprint density at radius 2 is 1.62 bits per heavy atom.